The topological polar surface area (TPSA) is 83.0 Å². The van der Waals surface area contributed by atoms with Crippen molar-refractivity contribution in [1.82, 2.24) is 14.7 Å². The van der Waals surface area contributed by atoms with E-state index in [1.165, 1.54) is 0 Å². The van der Waals surface area contributed by atoms with Crippen LogP contribution < -0.4 is 5.73 Å². The van der Waals surface area contributed by atoms with Crippen molar-refractivity contribution in [2.45, 2.75) is 12.6 Å². The molecule has 0 fully saturated rings. The summed E-state index contributed by atoms with van der Waals surface area (Å²) < 4.78 is 12.6. The maximum absolute atomic E-state index is 5.49. The van der Waals surface area contributed by atoms with Gasteiger partial charge in [0.05, 0.1) is 12.8 Å². The van der Waals surface area contributed by atoms with Crippen LogP contribution in [0.4, 0.5) is 0 Å². The van der Waals surface area contributed by atoms with E-state index in [-0.39, 0.29) is 12.6 Å². The summed E-state index contributed by atoms with van der Waals surface area (Å²) in [6, 6.07) is 7.29. The Balaban J connectivity index is 2.05. The van der Waals surface area contributed by atoms with Crippen LogP contribution in [0.15, 0.2) is 51.9 Å². The third-order valence-electron chi connectivity index (χ3n) is 2.64. The van der Waals surface area contributed by atoms with Crippen LogP contribution in [0.3, 0.4) is 0 Å². The van der Waals surface area contributed by atoms with Gasteiger partial charge in [-0.1, -0.05) is 5.16 Å². The number of hydrogen-bond acceptors (Lipinski definition) is 5. The van der Waals surface area contributed by atoms with E-state index in [1.807, 2.05) is 41.2 Å². The average Bonchev–Trinajstić information content (AvgIpc) is 3.13. The van der Waals surface area contributed by atoms with Crippen LogP contribution in [0, 0.1) is 0 Å². The van der Waals surface area contributed by atoms with E-state index in [2.05, 4.69) is 10.1 Å². The first kappa shape index (κ1) is 10.8. The smallest absolute Gasteiger partial charge is 0.257 e. The average molecular weight is 244 g/mol. The molecule has 3 rings (SSSR count). The Kier molecular flexibility index (Phi) is 2.70. The molecule has 0 aliphatic carbocycles. The predicted molar refractivity (Wildman–Crippen MR) is 62.6 cm³/mol. The summed E-state index contributed by atoms with van der Waals surface area (Å²) in [6.07, 6.45) is 5.45. The predicted octanol–water partition coefficient (Wildman–Crippen LogP) is 1.56. The molecule has 0 saturated heterocycles. The van der Waals surface area contributed by atoms with E-state index < -0.39 is 0 Å². The monoisotopic (exact) mass is 244 g/mol. The van der Waals surface area contributed by atoms with Crippen molar-refractivity contribution < 1.29 is 8.94 Å². The highest BCUT2D eigenvalue weighted by molar-refractivity contribution is 5.16. The first-order valence-corrected chi connectivity index (χ1v) is 5.57. The number of nitrogens with zero attached hydrogens (tertiary/aromatic N) is 3. The lowest BCUT2D eigenvalue weighted by molar-refractivity contribution is 0.329. The lowest BCUT2D eigenvalue weighted by atomic mass is 10.2. The van der Waals surface area contributed by atoms with Crippen LogP contribution in [0.1, 0.15) is 23.5 Å². The molecular formula is C12H12N4O2. The molecule has 0 aliphatic rings. The van der Waals surface area contributed by atoms with Gasteiger partial charge in [-0.3, -0.25) is 0 Å². The summed E-state index contributed by atoms with van der Waals surface area (Å²) in [5.41, 5.74) is 5.49. The molecular weight excluding hydrogens is 232 g/mol. The molecule has 3 aromatic heterocycles. The van der Waals surface area contributed by atoms with E-state index in [9.17, 15) is 0 Å². The molecule has 92 valence electrons. The molecule has 0 unspecified atom stereocenters. The second kappa shape index (κ2) is 4.50. The van der Waals surface area contributed by atoms with Crippen molar-refractivity contribution in [2.24, 2.45) is 5.73 Å². The summed E-state index contributed by atoms with van der Waals surface area (Å²) in [7, 11) is 0. The largest absolute Gasteiger partial charge is 0.467 e. The molecule has 0 aromatic carbocycles. The fraction of sp³-hybridized carbons (Fsp3) is 0.167. The van der Waals surface area contributed by atoms with E-state index in [1.54, 1.807) is 6.26 Å². The Bertz CT molecular complexity index is 564. The second-order valence-electron chi connectivity index (χ2n) is 3.80. The Morgan fingerprint density at radius 2 is 2.11 bits per heavy atom. The molecule has 3 aromatic rings. The molecule has 0 amide bonds. The minimum atomic E-state index is -0.261. The van der Waals surface area contributed by atoms with Gasteiger partial charge in [0, 0.05) is 12.4 Å². The van der Waals surface area contributed by atoms with Gasteiger partial charge in [-0.2, -0.15) is 4.98 Å². The number of aromatic nitrogens is 3. The van der Waals surface area contributed by atoms with Crippen LogP contribution in [-0.4, -0.2) is 14.7 Å². The molecule has 2 N–H and O–H groups in total. The summed E-state index contributed by atoms with van der Waals surface area (Å²) >= 11 is 0. The van der Waals surface area contributed by atoms with Gasteiger partial charge in [0.2, 0.25) is 0 Å². The zero-order chi connectivity index (χ0) is 12.4. The third-order valence-corrected chi connectivity index (χ3v) is 2.64. The summed E-state index contributed by atoms with van der Waals surface area (Å²) in [4.78, 5) is 4.26. The fourth-order valence-electron chi connectivity index (χ4n) is 1.82. The second-order valence-corrected chi connectivity index (χ2v) is 3.80. The van der Waals surface area contributed by atoms with Gasteiger partial charge in [-0.05, 0) is 24.3 Å². The molecule has 6 heteroatoms. The molecule has 6 nitrogen and oxygen atoms in total. The van der Waals surface area contributed by atoms with Crippen LogP contribution in [0.5, 0.6) is 0 Å². The van der Waals surface area contributed by atoms with E-state index in [0.29, 0.717) is 11.7 Å². The molecule has 3 heterocycles. The first-order valence-electron chi connectivity index (χ1n) is 5.57. The van der Waals surface area contributed by atoms with Gasteiger partial charge < -0.3 is 19.2 Å². The normalized spacial score (nSPS) is 12.7. The SMILES string of the molecule is NCc1noc([C@H](c2ccco2)n2cccc2)n1. The van der Waals surface area contributed by atoms with Gasteiger partial charge in [0.1, 0.15) is 5.76 Å². The molecule has 1 atom stereocenters. The number of hydrogen-bond donors (Lipinski definition) is 1. The zero-order valence-electron chi connectivity index (χ0n) is 9.56. The van der Waals surface area contributed by atoms with Gasteiger partial charge in [-0.15, -0.1) is 0 Å². The molecule has 0 spiro atoms. The number of furan rings is 1. The maximum Gasteiger partial charge on any atom is 0.257 e. The van der Waals surface area contributed by atoms with Crippen LogP contribution in [-0.2, 0) is 6.54 Å². The van der Waals surface area contributed by atoms with Crippen LogP contribution >= 0.6 is 0 Å². The standard InChI is InChI=1S/C12H12N4O2/c13-8-10-14-12(18-15-10)11(9-4-3-7-17-9)16-5-1-2-6-16/h1-7,11H,8,13H2/t11-/m0/s1. The third kappa shape index (κ3) is 1.82. The van der Waals surface area contributed by atoms with Crippen LogP contribution in [0.25, 0.3) is 0 Å². The van der Waals surface area contributed by atoms with Gasteiger partial charge in [0.25, 0.3) is 5.89 Å². The molecule has 0 radical (unpaired) electrons. The Morgan fingerprint density at radius 3 is 2.72 bits per heavy atom. The lowest BCUT2D eigenvalue weighted by Gasteiger charge is -2.11. The molecule has 18 heavy (non-hydrogen) atoms. The van der Waals surface area contributed by atoms with Crippen molar-refractivity contribution in [2.75, 3.05) is 0 Å². The van der Waals surface area contributed by atoms with Crippen molar-refractivity contribution in [3.8, 4) is 0 Å². The quantitative estimate of drug-likeness (QED) is 0.753. The summed E-state index contributed by atoms with van der Waals surface area (Å²) in [5.74, 6) is 1.67. The highest BCUT2D eigenvalue weighted by atomic mass is 16.5. The van der Waals surface area contributed by atoms with E-state index in [4.69, 9.17) is 14.7 Å². The Hall–Kier alpha value is -2.34. The number of rotatable bonds is 4. The van der Waals surface area contributed by atoms with Crippen molar-refractivity contribution in [1.29, 1.82) is 0 Å². The minimum Gasteiger partial charge on any atom is -0.467 e. The van der Waals surface area contributed by atoms with Gasteiger partial charge in [-0.25, -0.2) is 0 Å². The Morgan fingerprint density at radius 1 is 1.28 bits per heavy atom. The van der Waals surface area contributed by atoms with Crippen LogP contribution in [0.2, 0.25) is 0 Å². The Labute approximate surface area is 103 Å². The maximum atomic E-state index is 5.49. The molecule has 0 bridgehead atoms. The van der Waals surface area contributed by atoms with E-state index >= 15 is 0 Å². The number of nitrogens with two attached hydrogens (primary N) is 1. The summed E-state index contributed by atoms with van der Waals surface area (Å²) in [5, 5.41) is 3.81. The van der Waals surface area contributed by atoms with Gasteiger partial charge >= 0.3 is 0 Å². The first-order chi connectivity index (χ1) is 8.88. The minimum absolute atomic E-state index is 0.250. The zero-order valence-corrected chi connectivity index (χ0v) is 9.56. The van der Waals surface area contributed by atoms with Crippen molar-refractivity contribution in [3.05, 3.63) is 60.4 Å². The van der Waals surface area contributed by atoms with Crippen molar-refractivity contribution >= 4 is 0 Å². The highest BCUT2D eigenvalue weighted by Crippen LogP contribution is 2.25. The summed E-state index contributed by atoms with van der Waals surface area (Å²) in [6.45, 7) is 0.250. The van der Waals surface area contributed by atoms with E-state index in [0.717, 1.165) is 5.76 Å². The highest BCUT2D eigenvalue weighted by Gasteiger charge is 2.24. The fourth-order valence-corrected chi connectivity index (χ4v) is 1.82. The lowest BCUT2D eigenvalue weighted by Crippen LogP contribution is -2.10. The molecule has 0 aliphatic heterocycles. The van der Waals surface area contributed by atoms with Crippen molar-refractivity contribution in [3.63, 3.8) is 0 Å². The van der Waals surface area contributed by atoms with Gasteiger partial charge in [0.15, 0.2) is 11.9 Å². The molecule has 0 saturated carbocycles.